The Morgan fingerprint density at radius 1 is 1.26 bits per heavy atom. The molecule has 1 N–H and O–H groups in total. The zero-order valence-corrected chi connectivity index (χ0v) is 15.8. The van der Waals surface area contributed by atoms with Crippen LogP contribution in [-0.2, 0) is 0 Å². The molecule has 0 bridgehead atoms. The fourth-order valence-electron chi connectivity index (χ4n) is 3.44. The Hall–Kier alpha value is -2.89. The van der Waals surface area contributed by atoms with Crippen LogP contribution in [0, 0.1) is 0 Å². The van der Waals surface area contributed by atoms with Crippen molar-refractivity contribution in [1.82, 2.24) is 9.88 Å². The summed E-state index contributed by atoms with van der Waals surface area (Å²) in [7, 11) is 1.57. The van der Waals surface area contributed by atoms with Gasteiger partial charge in [-0.05, 0) is 49.9 Å². The van der Waals surface area contributed by atoms with Crippen LogP contribution in [0.5, 0.6) is 5.75 Å². The Morgan fingerprint density at radius 3 is 2.89 bits per heavy atom. The monoisotopic (exact) mass is 367 g/mol. The van der Waals surface area contributed by atoms with Crippen molar-refractivity contribution in [2.75, 3.05) is 19.0 Å². The maximum Gasteiger partial charge on any atom is 0.274 e. The number of carbonyl (C=O) groups is 2. The van der Waals surface area contributed by atoms with E-state index in [2.05, 4.69) is 17.2 Å². The minimum Gasteiger partial charge on any atom is -0.497 e. The lowest BCUT2D eigenvalue weighted by molar-refractivity contribution is 0.0608. The number of nitrogens with zero attached hydrogens (tertiary/aromatic N) is 2. The zero-order chi connectivity index (χ0) is 19.2. The summed E-state index contributed by atoms with van der Waals surface area (Å²) in [5, 5.41) is 2.79. The first kappa shape index (κ1) is 18.9. The molecule has 1 fully saturated rings. The van der Waals surface area contributed by atoms with Gasteiger partial charge >= 0.3 is 0 Å². The minimum absolute atomic E-state index is 0.0284. The number of methoxy groups -OCH3 is 1. The predicted octanol–water partition coefficient (Wildman–Crippen LogP) is 3.75. The Labute approximate surface area is 159 Å². The summed E-state index contributed by atoms with van der Waals surface area (Å²) in [4.78, 5) is 31.5. The highest BCUT2D eigenvalue weighted by atomic mass is 16.5. The molecule has 1 aromatic carbocycles. The van der Waals surface area contributed by atoms with Gasteiger partial charge in [0.1, 0.15) is 11.4 Å². The summed E-state index contributed by atoms with van der Waals surface area (Å²) in [5.41, 5.74) is 1.33. The summed E-state index contributed by atoms with van der Waals surface area (Å²) in [6.07, 6.45) is 5.68. The molecule has 142 valence electrons. The van der Waals surface area contributed by atoms with E-state index >= 15 is 0 Å². The number of amides is 2. The quantitative estimate of drug-likeness (QED) is 0.874. The van der Waals surface area contributed by atoms with Crippen LogP contribution in [-0.4, -0.2) is 41.4 Å². The molecule has 0 spiro atoms. The van der Waals surface area contributed by atoms with Gasteiger partial charge in [0.25, 0.3) is 11.8 Å². The Morgan fingerprint density at radius 2 is 2.11 bits per heavy atom. The second kappa shape index (κ2) is 8.66. The summed E-state index contributed by atoms with van der Waals surface area (Å²) >= 11 is 0. The summed E-state index contributed by atoms with van der Waals surface area (Å²) < 4.78 is 5.16. The SMILES string of the molecule is CCC1CCCCN1C(=O)c1ccnc(C(=O)Nc2cccc(OC)c2)c1. The van der Waals surface area contributed by atoms with Gasteiger partial charge in [-0.25, -0.2) is 0 Å². The first-order valence-corrected chi connectivity index (χ1v) is 9.34. The highest BCUT2D eigenvalue weighted by molar-refractivity contribution is 6.04. The van der Waals surface area contributed by atoms with Crippen LogP contribution < -0.4 is 10.1 Å². The number of likely N-dealkylation sites (tertiary alicyclic amines) is 1. The molecule has 1 saturated heterocycles. The number of piperidine rings is 1. The molecule has 1 atom stereocenters. The van der Waals surface area contributed by atoms with Crippen LogP contribution >= 0.6 is 0 Å². The molecule has 0 aliphatic carbocycles. The van der Waals surface area contributed by atoms with E-state index < -0.39 is 0 Å². The van der Waals surface area contributed by atoms with Gasteiger partial charge < -0.3 is 15.0 Å². The van der Waals surface area contributed by atoms with E-state index in [9.17, 15) is 9.59 Å². The van der Waals surface area contributed by atoms with E-state index in [0.717, 1.165) is 32.2 Å². The van der Waals surface area contributed by atoms with Crippen LogP contribution in [0.4, 0.5) is 5.69 Å². The van der Waals surface area contributed by atoms with E-state index in [0.29, 0.717) is 17.0 Å². The number of hydrogen-bond donors (Lipinski definition) is 1. The maximum absolute atomic E-state index is 12.9. The van der Waals surface area contributed by atoms with E-state index in [1.807, 2.05) is 4.90 Å². The van der Waals surface area contributed by atoms with Gasteiger partial charge in [-0.3, -0.25) is 14.6 Å². The number of aromatic nitrogens is 1. The average Bonchev–Trinajstić information content (AvgIpc) is 2.73. The number of pyridine rings is 1. The van der Waals surface area contributed by atoms with Crippen molar-refractivity contribution >= 4 is 17.5 Å². The molecule has 2 aromatic rings. The van der Waals surface area contributed by atoms with Gasteiger partial charge in [-0.2, -0.15) is 0 Å². The number of hydrogen-bond acceptors (Lipinski definition) is 4. The van der Waals surface area contributed by atoms with Crippen molar-refractivity contribution in [3.05, 3.63) is 53.9 Å². The average molecular weight is 367 g/mol. The molecule has 27 heavy (non-hydrogen) atoms. The van der Waals surface area contributed by atoms with E-state index in [1.165, 1.54) is 6.20 Å². The molecule has 6 nitrogen and oxygen atoms in total. The molecule has 1 aliphatic heterocycles. The normalized spacial score (nSPS) is 16.7. The lowest BCUT2D eigenvalue weighted by atomic mass is 9.99. The van der Waals surface area contributed by atoms with Crippen molar-refractivity contribution in [2.45, 2.75) is 38.6 Å². The molecule has 0 radical (unpaired) electrons. The van der Waals surface area contributed by atoms with Gasteiger partial charge in [0.15, 0.2) is 0 Å². The lowest BCUT2D eigenvalue weighted by Crippen LogP contribution is -2.43. The van der Waals surface area contributed by atoms with Crippen LogP contribution in [0.1, 0.15) is 53.5 Å². The molecule has 0 saturated carbocycles. The molecule has 2 amide bonds. The van der Waals surface area contributed by atoms with Crippen molar-refractivity contribution < 1.29 is 14.3 Å². The number of rotatable bonds is 5. The Balaban J connectivity index is 1.76. The molecular formula is C21H25N3O3. The van der Waals surface area contributed by atoms with Crippen LogP contribution in [0.25, 0.3) is 0 Å². The van der Waals surface area contributed by atoms with Gasteiger partial charge in [0.2, 0.25) is 0 Å². The van der Waals surface area contributed by atoms with E-state index in [4.69, 9.17) is 4.74 Å². The topological polar surface area (TPSA) is 71.5 Å². The molecule has 1 aliphatic rings. The highest BCUT2D eigenvalue weighted by Crippen LogP contribution is 2.22. The lowest BCUT2D eigenvalue weighted by Gasteiger charge is -2.35. The third-order valence-corrected chi connectivity index (χ3v) is 4.93. The molecular weight excluding hydrogens is 342 g/mol. The van der Waals surface area contributed by atoms with Gasteiger partial charge in [0, 0.05) is 36.1 Å². The smallest absolute Gasteiger partial charge is 0.274 e. The van der Waals surface area contributed by atoms with Crippen molar-refractivity contribution in [3.8, 4) is 5.75 Å². The first-order valence-electron chi connectivity index (χ1n) is 9.34. The number of carbonyl (C=O) groups excluding carboxylic acids is 2. The Kier molecular flexibility index (Phi) is 6.06. The molecule has 1 aromatic heterocycles. The van der Waals surface area contributed by atoms with Crippen LogP contribution in [0.2, 0.25) is 0 Å². The molecule has 1 unspecified atom stereocenters. The highest BCUT2D eigenvalue weighted by Gasteiger charge is 2.26. The fraction of sp³-hybridized carbons (Fsp3) is 0.381. The van der Waals surface area contributed by atoms with Crippen molar-refractivity contribution in [2.24, 2.45) is 0 Å². The molecule has 6 heteroatoms. The van der Waals surface area contributed by atoms with E-state index in [-0.39, 0.29) is 23.6 Å². The number of benzene rings is 1. The van der Waals surface area contributed by atoms with Gasteiger partial charge in [-0.1, -0.05) is 13.0 Å². The zero-order valence-electron chi connectivity index (χ0n) is 15.8. The first-order chi connectivity index (χ1) is 13.1. The predicted molar refractivity (Wildman–Crippen MR) is 104 cm³/mol. The number of nitrogens with one attached hydrogen (secondary N) is 1. The molecule has 3 rings (SSSR count). The van der Waals surface area contributed by atoms with Crippen LogP contribution in [0.15, 0.2) is 42.6 Å². The Bertz CT molecular complexity index is 822. The van der Waals surface area contributed by atoms with Crippen molar-refractivity contribution in [3.63, 3.8) is 0 Å². The minimum atomic E-state index is -0.358. The third-order valence-electron chi connectivity index (χ3n) is 4.93. The number of ether oxygens (including phenoxy) is 1. The van der Waals surface area contributed by atoms with Crippen LogP contribution in [0.3, 0.4) is 0 Å². The largest absolute Gasteiger partial charge is 0.497 e. The number of anilines is 1. The summed E-state index contributed by atoms with van der Waals surface area (Å²) in [6.45, 7) is 2.88. The standard InChI is InChI=1S/C21H25N3O3/c1-3-17-8-4-5-12-24(17)21(26)15-10-11-22-19(13-15)20(25)23-16-7-6-9-18(14-16)27-2/h6-7,9-11,13-14,17H,3-5,8,12H2,1-2H3,(H,23,25). The summed E-state index contributed by atoms with van der Waals surface area (Å²) in [6, 6.07) is 10.6. The van der Waals surface area contributed by atoms with Gasteiger partial charge in [-0.15, -0.1) is 0 Å². The van der Waals surface area contributed by atoms with Gasteiger partial charge in [0.05, 0.1) is 7.11 Å². The maximum atomic E-state index is 12.9. The fourth-order valence-corrected chi connectivity index (χ4v) is 3.44. The second-order valence-corrected chi connectivity index (χ2v) is 6.67. The second-order valence-electron chi connectivity index (χ2n) is 6.67. The third kappa shape index (κ3) is 4.45. The van der Waals surface area contributed by atoms with Crippen molar-refractivity contribution in [1.29, 1.82) is 0 Å². The summed E-state index contributed by atoms with van der Waals surface area (Å²) in [5.74, 6) is 0.267. The van der Waals surface area contributed by atoms with E-state index in [1.54, 1.807) is 43.5 Å². The molecule has 2 heterocycles.